The summed E-state index contributed by atoms with van der Waals surface area (Å²) in [4.78, 5) is 28.4. The topological polar surface area (TPSA) is 99.9 Å². The molecule has 0 radical (unpaired) electrons. The zero-order valence-corrected chi connectivity index (χ0v) is 18.1. The molecule has 3 aromatic rings. The standard InChI is InChI=1S/C24H18N2O5S/c1-30-16-5-3-6-17(31-2)19(16)22(27)20-21(18-7-4-12-32-18)26(24(29)23(20)28)15-10-8-14(13-25)9-11-15/h3-12,21,27H,1-2H3/b22-20+. The van der Waals surface area contributed by atoms with Crippen LogP contribution in [0.1, 0.15) is 22.0 Å². The van der Waals surface area contributed by atoms with Gasteiger partial charge >= 0.3 is 0 Å². The van der Waals surface area contributed by atoms with Crippen LogP contribution in [0.4, 0.5) is 5.69 Å². The zero-order chi connectivity index (χ0) is 22.8. The Balaban J connectivity index is 1.97. The molecule has 0 saturated carbocycles. The summed E-state index contributed by atoms with van der Waals surface area (Å²) in [6.45, 7) is 0. The quantitative estimate of drug-likeness (QED) is 0.357. The van der Waals surface area contributed by atoms with Gasteiger partial charge in [0.2, 0.25) is 0 Å². The lowest BCUT2D eigenvalue weighted by molar-refractivity contribution is -0.132. The van der Waals surface area contributed by atoms with Crippen LogP contribution < -0.4 is 14.4 Å². The first-order valence-corrected chi connectivity index (χ1v) is 10.5. The fourth-order valence-corrected chi connectivity index (χ4v) is 4.55. The van der Waals surface area contributed by atoms with E-state index >= 15 is 0 Å². The average Bonchev–Trinajstić information content (AvgIpc) is 3.45. The van der Waals surface area contributed by atoms with Gasteiger partial charge in [-0.05, 0) is 47.8 Å². The van der Waals surface area contributed by atoms with Crippen molar-refractivity contribution in [2.24, 2.45) is 0 Å². The van der Waals surface area contributed by atoms with Crippen LogP contribution >= 0.6 is 11.3 Å². The summed E-state index contributed by atoms with van der Waals surface area (Å²) in [5.41, 5.74) is 0.994. The first-order valence-electron chi connectivity index (χ1n) is 9.57. The van der Waals surface area contributed by atoms with Crippen molar-refractivity contribution < 1.29 is 24.2 Å². The highest BCUT2D eigenvalue weighted by Gasteiger charge is 2.48. The molecular formula is C24H18N2O5S. The molecule has 0 spiro atoms. The largest absolute Gasteiger partial charge is 0.506 e. The van der Waals surface area contributed by atoms with Gasteiger partial charge in [0, 0.05) is 10.6 Å². The van der Waals surface area contributed by atoms with Gasteiger partial charge in [-0.25, -0.2) is 0 Å². The SMILES string of the molecule is COc1cccc(OC)c1/C(O)=C1\C(=O)C(=O)N(c2ccc(C#N)cc2)C1c1cccs1. The number of methoxy groups -OCH3 is 2. The molecule has 1 aromatic heterocycles. The van der Waals surface area contributed by atoms with Crippen molar-refractivity contribution in [2.45, 2.75) is 6.04 Å². The summed E-state index contributed by atoms with van der Waals surface area (Å²) in [6.07, 6.45) is 0. The summed E-state index contributed by atoms with van der Waals surface area (Å²) < 4.78 is 10.8. The van der Waals surface area contributed by atoms with E-state index in [0.717, 1.165) is 0 Å². The minimum Gasteiger partial charge on any atom is -0.506 e. The first-order chi connectivity index (χ1) is 15.5. The summed E-state index contributed by atoms with van der Waals surface area (Å²) in [7, 11) is 2.88. The lowest BCUT2D eigenvalue weighted by atomic mass is 9.98. The fourth-order valence-electron chi connectivity index (χ4n) is 3.73. The summed E-state index contributed by atoms with van der Waals surface area (Å²) >= 11 is 1.36. The van der Waals surface area contributed by atoms with Gasteiger partial charge in [0.15, 0.2) is 0 Å². The van der Waals surface area contributed by atoms with Crippen LogP contribution in [0.25, 0.3) is 5.76 Å². The maximum atomic E-state index is 13.2. The molecule has 1 aliphatic rings. The smallest absolute Gasteiger partial charge is 0.300 e. The third kappa shape index (κ3) is 3.39. The lowest BCUT2D eigenvalue weighted by Gasteiger charge is -2.24. The Bertz CT molecular complexity index is 1230. The number of aliphatic hydroxyl groups is 1. The molecule has 1 N–H and O–H groups in total. The van der Waals surface area contributed by atoms with Gasteiger partial charge in [0.1, 0.15) is 28.9 Å². The van der Waals surface area contributed by atoms with E-state index in [-0.39, 0.29) is 16.9 Å². The molecule has 160 valence electrons. The number of hydrogen-bond acceptors (Lipinski definition) is 7. The van der Waals surface area contributed by atoms with E-state index in [4.69, 9.17) is 14.7 Å². The van der Waals surface area contributed by atoms with Gasteiger partial charge in [-0.15, -0.1) is 11.3 Å². The highest BCUT2D eigenvalue weighted by Crippen LogP contribution is 2.46. The van der Waals surface area contributed by atoms with E-state index in [0.29, 0.717) is 27.6 Å². The predicted molar refractivity (Wildman–Crippen MR) is 120 cm³/mol. The fraction of sp³-hybridized carbons (Fsp3) is 0.125. The van der Waals surface area contributed by atoms with E-state index in [1.807, 2.05) is 17.5 Å². The molecule has 1 atom stereocenters. The Morgan fingerprint density at radius 3 is 2.22 bits per heavy atom. The minimum absolute atomic E-state index is 0.0652. The first kappa shape index (κ1) is 21.2. The second kappa shape index (κ2) is 8.57. The van der Waals surface area contributed by atoms with Crippen molar-refractivity contribution in [3.63, 3.8) is 0 Å². The van der Waals surface area contributed by atoms with Gasteiger partial charge in [-0.2, -0.15) is 5.26 Å². The molecule has 2 aromatic carbocycles. The Labute approximate surface area is 188 Å². The molecule has 8 heteroatoms. The number of aliphatic hydroxyl groups excluding tert-OH is 1. The van der Waals surface area contributed by atoms with Gasteiger partial charge in [-0.3, -0.25) is 14.5 Å². The van der Waals surface area contributed by atoms with Crippen molar-refractivity contribution in [1.82, 2.24) is 0 Å². The number of carbonyl (C=O) groups excluding carboxylic acids is 2. The summed E-state index contributed by atoms with van der Waals surface area (Å²) in [5, 5.41) is 22.2. The Hall–Kier alpha value is -4.09. The van der Waals surface area contributed by atoms with E-state index in [2.05, 4.69) is 0 Å². The van der Waals surface area contributed by atoms with Crippen molar-refractivity contribution in [3.8, 4) is 17.6 Å². The molecule has 1 aliphatic heterocycles. The van der Waals surface area contributed by atoms with Crippen molar-refractivity contribution in [2.75, 3.05) is 19.1 Å². The molecule has 1 unspecified atom stereocenters. The maximum Gasteiger partial charge on any atom is 0.300 e. The lowest BCUT2D eigenvalue weighted by Crippen LogP contribution is -2.29. The maximum absolute atomic E-state index is 13.2. The van der Waals surface area contributed by atoms with E-state index in [9.17, 15) is 14.7 Å². The Morgan fingerprint density at radius 2 is 1.69 bits per heavy atom. The molecule has 1 saturated heterocycles. The number of amides is 1. The number of carbonyl (C=O) groups is 2. The van der Waals surface area contributed by atoms with Gasteiger partial charge in [0.05, 0.1) is 31.4 Å². The molecule has 1 amide bonds. The minimum atomic E-state index is -0.849. The zero-order valence-electron chi connectivity index (χ0n) is 17.2. The number of Topliss-reactive ketones (excluding diaryl/α,β-unsaturated/α-hetero) is 1. The third-order valence-corrected chi connectivity index (χ3v) is 6.12. The highest BCUT2D eigenvalue weighted by atomic mass is 32.1. The van der Waals surface area contributed by atoms with Crippen LogP contribution in [0.3, 0.4) is 0 Å². The molecule has 0 bridgehead atoms. The molecule has 32 heavy (non-hydrogen) atoms. The number of ketones is 1. The number of nitrogens with zero attached hydrogens (tertiary/aromatic N) is 2. The number of benzene rings is 2. The molecular weight excluding hydrogens is 428 g/mol. The van der Waals surface area contributed by atoms with Gasteiger partial charge < -0.3 is 14.6 Å². The Morgan fingerprint density at radius 1 is 1.03 bits per heavy atom. The second-order valence-electron chi connectivity index (χ2n) is 6.88. The van der Waals surface area contributed by atoms with Crippen molar-refractivity contribution >= 4 is 34.5 Å². The monoisotopic (exact) mass is 446 g/mol. The third-order valence-electron chi connectivity index (χ3n) is 5.20. The Kier molecular flexibility index (Phi) is 5.67. The van der Waals surface area contributed by atoms with Crippen LogP contribution in [0.5, 0.6) is 11.5 Å². The van der Waals surface area contributed by atoms with Crippen LogP contribution in [-0.2, 0) is 9.59 Å². The number of ether oxygens (including phenoxy) is 2. The average molecular weight is 446 g/mol. The number of hydrogen-bond donors (Lipinski definition) is 1. The van der Waals surface area contributed by atoms with Crippen LogP contribution in [0.2, 0.25) is 0 Å². The molecule has 4 rings (SSSR count). The van der Waals surface area contributed by atoms with Crippen molar-refractivity contribution in [1.29, 1.82) is 5.26 Å². The van der Waals surface area contributed by atoms with Crippen LogP contribution in [-0.4, -0.2) is 31.0 Å². The summed E-state index contributed by atoms with van der Waals surface area (Å²) in [5.74, 6) is -1.37. The molecule has 1 fully saturated rings. The molecule has 0 aliphatic carbocycles. The van der Waals surface area contributed by atoms with E-state index in [1.165, 1.54) is 30.5 Å². The van der Waals surface area contributed by atoms with Crippen LogP contribution in [0.15, 0.2) is 65.6 Å². The van der Waals surface area contributed by atoms with Crippen LogP contribution in [0, 0.1) is 11.3 Å². The van der Waals surface area contributed by atoms with Gasteiger partial charge in [0.25, 0.3) is 11.7 Å². The van der Waals surface area contributed by atoms with Crippen molar-refractivity contribution in [3.05, 3.63) is 81.6 Å². The normalized spacial score (nSPS) is 17.3. The number of anilines is 1. The van der Waals surface area contributed by atoms with E-state index < -0.39 is 17.7 Å². The molecule has 7 nitrogen and oxygen atoms in total. The number of nitriles is 1. The second-order valence-corrected chi connectivity index (χ2v) is 7.86. The van der Waals surface area contributed by atoms with Gasteiger partial charge in [-0.1, -0.05) is 12.1 Å². The highest BCUT2D eigenvalue weighted by molar-refractivity contribution is 7.10. The molecule has 2 heterocycles. The van der Waals surface area contributed by atoms with E-state index in [1.54, 1.807) is 48.5 Å². The number of thiophene rings is 1. The predicted octanol–water partition coefficient (Wildman–Crippen LogP) is 4.26. The summed E-state index contributed by atoms with van der Waals surface area (Å²) in [6, 6.07) is 16.1. The number of rotatable bonds is 5.